The average Bonchev–Trinajstić information content (AvgIpc) is 3.56. The lowest BCUT2D eigenvalue weighted by Crippen LogP contribution is -2.45. The number of carboxylic acid groups (broad SMARTS) is 1. The molecule has 5 rings (SSSR count). The molecule has 1 saturated heterocycles. The highest BCUT2D eigenvalue weighted by Crippen LogP contribution is 2.44. The smallest absolute Gasteiger partial charge is 0.407 e. The van der Waals surface area contributed by atoms with Gasteiger partial charge in [-0.25, -0.2) is 9.59 Å². The topological polar surface area (TPSA) is 114 Å². The number of aliphatic carboxylic acids is 1. The number of rotatable bonds is 7. The molecule has 3 aliphatic rings. The van der Waals surface area contributed by atoms with Crippen molar-refractivity contribution in [1.82, 2.24) is 10.6 Å². The molecular formula is C27H30N2O6. The van der Waals surface area contributed by atoms with Gasteiger partial charge in [-0.05, 0) is 47.4 Å². The molecule has 0 radical (unpaired) electrons. The van der Waals surface area contributed by atoms with E-state index in [0.717, 1.165) is 30.4 Å². The SMILES string of the molecule is O=C(C[C@@H]1CCC[C@H]1NC(=O)OCC1c2ccccc2-c2ccccc21)N[C@H]1CCO[C@H]1C(=O)O. The number of alkyl carbamates (subject to hydrolysis) is 1. The van der Waals surface area contributed by atoms with Crippen molar-refractivity contribution in [3.63, 3.8) is 0 Å². The van der Waals surface area contributed by atoms with E-state index in [1.165, 1.54) is 11.1 Å². The summed E-state index contributed by atoms with van der Waals surface area (Å²) in [5.41, 5.74) is 4.67. The maximum Gasteiger partial charge on any atom is 0.407 e. The molecule has 3 N–H and O–H groups in total. The second-order valence-electron chi connectivity index (χ2n) is 9.56. The molecule has 2 amide bonds. The van der Waals surface area contributed by atoms with Crippen LogP contribution in [-0.2, 0) is 19.1 Å². The lowest BCUT2D eigenvalue weighted by Gasteiger charge is -2.23. The third-order valence-corrected chi connectivity index (χ3v) is 7.44. The van der Waals surface area contributed by atoms with Crippen LogP contribution in [0, 0.1) is 5.92 Å². The van der Waals surface area contributed by atoms with Gasteiger partial charge in [0.2, 0.25) is 5.91 Å². The van der Waals surface area contributed by atoms with Gasteiger partial charge in [-0.3, -0.25) is 4.79 Å². The van der Waals surface area contributed by atoms with E-state index in [0.29, 0.717) is 13.0 Å². The van der Waals surface area contributed by atoms with Crippen molar-refractivity contribution in [2.24, 2.45) is 5.92 Å². The van der Waals surface area contributed by atoms with Crippen molar-refractivity contribution in [2.75, 3.05) is 13.2 Å². The van der Waals surface area contributed by atoms with Crippen LogP contribution >= 0.6 is 0 Å². The molecular weight excluding hydrogens is 448 g/mol. The second kappa shape index (κ2) is 10.1. The Bertz CT molecular complexity index is 1070. The van der Waals surface area contributed by atoms with Crippen LogP contribution in [0.4, 0.5) is 4.79 Å². The standard InChI is InChI=1S/C27H30N2O6/c30-24(28-23-12-13-34-25(23)26(31)32)14-16-6-5-11-22(16)29-27(33)35-15-21-19-9-3-1-7-17(19)18-8-2-4-10-20(18)21/h1-4,7-10,16,21-23,25H,5-6,11-15H2,(H,28,30)(H,29,33)(H,31,32)/t16-,22+,23-,25+/m0/s1. The number of carbonyl (C=O) groups is 3. The summed E-state index contributed by atoms with van der Waals surface area (Å²) in [6.07, 6.45) is 1.76. The van der Waals surface area contributed by atoms with Gasteiger partial charge in [0.15, 0.2) is 6.10 Å². The summed E-state index contributed by atoms with van der Waals surface area (Å²) in [4.78, 5) is 36.5. The van der Waals surface area contributed by atoms with E-state index >= 15 is 0 Å². The van der Waals surface area contributed by atoms with E-state index in [-0.39, 0.29) is 36.8 Å². The minimum absolute atomic E-state index is 0.00545. The van der Waals surface area contributed by atoms with Gasteiger partial charge in [0.1, 0.15) is 6.61 Å². The minimum Gasteiger partial charge on any atom is -0.479 e. The summed E-state index contributed by atoms with van der Waals surface area (Å²) in [5.74, 6) is -1.29. The molecule has 184 valence electrons. The Balaban J connectivity index is 1.15. The number of fused-ring (bicyclic) bond motifs is 3. The van der Waals surface area contributed by atoms with Crippen LogP contribution in [0.3, 0.4) is 0 Å². The lowest BCUT2D eigenvalue weighted by molar-refractivity contribution is -0.148. The normalized spacial score (nSPS) is 25.0. The van der Waals surface area contributed by atoms with Crippen LogP contribution < -0.4 is 10.6 Å². The fourth-order valence-electron chi connectivity index (χ4n) is 5.75. The van der Waals surface area contributed by atoms with Crippen LogP contribution in [-0.4, -0.2) is 54.5 Å². The Labute approximate surface area is 204 Å². The first-order valence-corrected chi connectivity index (χ1v) is 12.3. The Morgan fingerprint density at radius 2 is 1.60 bits per heavy atom. The number of ether oxygens (including phenoxy) is 2. The molecule has 0 spiro atoms. The highest BCUT2D eigenvalue weighted by Gasteiger charge is 2.37. The Morgan fingerprint density at radius 1 is 0.914 bits per heavy atom. The molecule has 0 aromatic heterocycles. The van der Waals surface area contributed by atoms with E-state index in [1.807, 2.05) is 24.3 Å². The van der Waals surface area contributed by atoms with E-state index < -0.39 is 24.2 Å². The third kappa shape index (κ3) is 4.89. The van der Waals surface area contributed by atoms with E-state index in [2.05, 4.69) is 34.9 Å². The highest BCUT2D eigenvalue weighted by atomic mass is 16.5. The zero-order valence-electron chi connectivity index (χ0n) is 19.4. The summed E-state index contributed by atoms with van der Waals surface area (Å²) >= 11 is 0. The molecule has 35 heavy (non-hydrogen) atoms. The van der Waals surface area contributed by atoms with Gasteiger partial charge < -0.3 is 25.2 Å². The summed E-state index contributed by atoms with van der Waals surface area (Å²) in [6, 6.07) is 15.7. The van der Waals surface area contributed by atoms with Crippen molar-refractivity contribution >= 4 is 18.0 Å². The van der Waals surface area contributed by atoms with Crippen molar-refractivity contribution in [1.29, 1.82) is 0 Å². The molecule has 2 aromatic carbocycles. The van der Waals surface area contributed by atoms with Crippen molar-refractivity contribution in [3.05, 3.63) is 59.7 Å². The fourth-order valence-corrected chi connectivity index (χ4v) is 5.75. The molecule has 8 nitrogen and oxygen atoms in total. The second-order valence-corrected chi connectivity index (χ2v) is 9.56. The summed E-state index contributed by atoms with van der Waals surface area (Å²) in [7, 11) is 0. The predicted octanol–water partition coefficient (Wildman–Crippen LogP) is 3.44. The molecule has 1 heterocycles. The molecule has 4 atom stereocenters. The predicted molar refractivity (Wildman–Crippen MR) is 128 cm³/mol. The monoisotopic (exact) mass is 478 g/mol. The summed E-state index contributed by atoms with van der Waals surface area (Å²) < 4.78 is 10.9. The van der Waals surface area contributed by atoms with E-state index in [4.69, 9.17) is 9.47 Å². The number of benzene rings is 2. The van der Waals surface area contributed by atoms with Gasteiger partial charge in [0.05, 0.1) is 6.04 Å². The zero-order chi connectivity index (χ0) is 24.4. The maximum atomic E-state index is 12.7. The summed E-state index contributed by atoms with van der Waals surface area (Å²) in [6.45, 7) is 0.563. The first-order valence-electron chi connectivity index (χ1n) is 12.3. The number of amides is 2. The first kappa shape index (κ1) is 23.4. The zero-order valence-corrected chi connectivity index (χ0v) is 19.4. The van der Waals surface area contributed by atoms with E-state index in [9.17, 15) is 19.5 Å². The van der Waals surface area contributed by atoms with Crippen LogP contribution in [0.1, 0.15) is 49.1 Å². The molecule has 8 heteroatoms. The van der Waals surface area contributed by atoms with Gasteiger partial charge in [0.25, 0.3) is 0 Å². The molecule has 1 aliphatic heterocycles. The molecule has 1 saturated carbocycles. The minimum atomic E-state index is -1.07. The van der Waals surface area contributed by atoms with Crippen LogP contribution in [0.5, 0.6) is 0 Å². The van der Waals surface area contributed by atoms with Gasteiger partial charge >= 0.3 is 12.1 Å². The van der Waals surface area contributed by atoms with Crippen LogP contribution in [0.15, 0.2) is 48.5 Å². The number of nitrogens with one attached hydrogen (secondary N) is 2. The third-order valence-electron chi connectivity index (χ3n) is 7.44. The number of carbonyl (C=O) groups excluding carboxylic acids is 2. The Morgan fingerprint density at radius 3 is 2.29 bits per heavy atom. The average molecular weight is 479 g/mol. The molecule has 2 aliphatic carbocycles. The largest absolute Gasteiger partial charge is 0.479 e. The van der Waals surface area contributed by atoms with Gasteiger partial charge in [-0.15, -0.1) is 0 Å². The fraction of sp³-hybridized carbons (Fsp3) is 0.444. The molecule has 2 fully saturated rings. The van der Waals surface area contributed by atoms with Gasteiger partial charge in [0, 0.05) is 25.0 Å². The Kier molecular flexibility index (Phi) is 6.72. The lowest BCUT2D eigenvalue weighted by atomic mass is 9.98. The number of hydrogen-bond acceptors (Lipinski definition) is 5. The number of hydrogen-bond donors (Lipinski definition) is 3. The van der Waals surface area contributed by atoms with Crippen molar-refractivity contribution < 1.29 is 29.0 Å². The summed E-state index contributed by atoms with van der Waals surface area (Å²) in [5, 5.41) is 15.0. The van der Waals surface area contributed by atoms with Crippen molar-refractivity contribution in [2.45, 2.75) is 56.2 Å². The highest BCUT2D eigenvalue weighted by molar-refractivity contribution is 5.80. The Hall–Kier alpha value is -3.39. The van der Waals surface area contributed by atoms with E-state index in [1.54, 1.807) is 0 Å². The molecule has 0 bridgehead atoms. The van der Waals surface area contributed by atoms with Gasteiger partial charge in [-0.2, -0.15) is 0 Å². The van der Waals surface area contributed by atoms with Crippen LogP contribution in [0.2, 0.25) is 0 Å². The molecule has 2 aromatic rings. The van der Waals surface area contributed by atoms with Gasteiger partial charge in [-0.1, -0.05) is 55.0 Å². The first-order chi connectivity index (χ1) is 17.0. The quantitative estimate of drug-likeness (QED) is 0.562. The molecule has 0 unspecified atom stereocenters. The number of carboxylic acids is 1. The van der Waals surface area contributed by atoms with Crippen LogP contribution in [0.25, 0.3) is 11.1 Å². The maximum absolute atomic E-state index is 12.7. The van der Waals surface area contributed by atoms with Crippen molar-refractivity contribution in [3.8, 4) is 11.1 Å².